The average Bonchev–Trinajstić information content (AvgIpc) is 2.98. The van der Waals surface area contributed by atoms with Gasteiger partial charge in [0, 0.05) is 11.1 Å². The van der Waals surface area contributed by atoms with E-state index >= 15 is 0 Å². The van der Waals surface area contributed by atoms with Crippen LogP contribution >= 0.6 is 0 Å². The lowest BCUT2D eigenvalue weighted by Crippen LogP contribution is -2.21. The lowest BCUT2D eigenvalue weighted by Gasteiger charge is -2.03. The van der Waals surface area contributed by atoms with Gasteiger partial charge in [-0.05, 0) is 24.3 Å². The van der Waals surface area contributed by atoms with Crippen molar-refractivity contribution in [3.8, 4) is 22.9 Å². The van der Waals surface area contributed by atoms with Crippen LogP contribution in [0.3, 0.4) is 0 Å². The number of nitrogens with zero attached hydrogens (tertiary/aromatic N) is 2. The van der Waals surface area contributed by atoms with Crippen LogP contribution in [-0.2, 0) is 0 Å². The van der Waals surface area contributed by atoms with Crippen molar-refractivity contribution in [3.63, 3.8) is 0 Å². The fraction of sp³-hybridized carbons (Fsp3) is 0.125. The molecule has 4 heteroatoms. The number of aromatic nitrogens is 2. The van der Waals surface area contributed by atoms with Crippen molar-refractivity contribution in [1.29, 1.82) is 0 Å². The molecular weight excluding hydrogens is 264 g/mol. The van der Waals surface area contributed by atoms with Gasteiger partial charge in [0.05, 0.1) is 8.80 Å². The molecule has 1 heterocycles. The number of hydrogen-bond donors (Lipinski definition) is 0. The average molecular weight is 279 g/mol. The first-order valence-electron chi connectivity index (χ1n) is 6.54. The molecule has 3 nitrogen and oxygen atoms in total. The van der Waals surface area contributed by atoms with E-state index in [4.69, 9.17) is 4.42 Å². The first-order valence-corrected chi connectivity index (χ1v) is 9.04. The van der Waals surface area contributed by atoms with Gasteiger partial charge in [-0.25, -0.2) is 0 Å². The topological polar surface area (TPSA) is 38.9 Å². The molecule has 0 amide bonds. The molecule has 3 aromatic rings. The van der Waals surface area contributed by atoms with E-state index in [2.05, 4.69) is 47.6 Å². The second-order valence-electron chi connectivity index (χ2n) is 4.86. The Labute approximate surface area is 119 Å². The maximum absolute atomic E-state index is 5.74. The van der Waals surface area contributed by atoms with Crippen LogP contribution in [0, 0.1) is 0 Å². The third kappa shape index (κ3) is 2.55. The largest absolute Gasteiger partial charge is 0.416 e. The zero-order valence-corrected chi connectivity index (χ0v) is 12.5. The molecule has 1 aromatic heterocycles. The van der Waals surface area contributed by atoms with Gasteiger partial charge in [0.1, 0.15) is 0 Å². The minimum atomic E-state index is -0.414. The van der Waals surface area contributed by atoms with Crippen LogP contribution in [0.1, 0.15) is 0 Å². The van der Waals surface area contributed by atoms with Crippen LogP contribution in [0.15, 0.2) is 59.0 Å². The fourth-order valence-corrected chi connectivity index (χ4v) is 2.82. The van der Waals surface area contributed by atoms with E-state index in [1.165, 1.54) is 5.19 Å². The summed E-state index contributed by atoms with van der Waals surface area (Å²) in [5.74, 6) is 1.12. The second kappa shape index (κ2) is 5.42. The minimum Gasteiger partial charge on any atom is -0.416 e. The Morgan fingerprint density at radius 1 is 0.750 bits per heavy atom. The van der Waals surface area contributed by atoms with Crippen LogP contribution in [0.4, 0.5) is 0 Å². The van der Waals surface area contributed by atoms with Crippen molar-refractivity contribution >= 4 is 14.0 Å². The molecule has 20 heavy (non-hydrogen) atoms. The molecule has 0 atom stereocenters. The van der Waals surface area contributed by atoms with Crippen molar-refractivity contribution in [3.05, 3.63) is 54.6 Å². The molecule has 0 fully saturated rings. The van der Waals surface area contributed by atoms with Crippen molar-refractivity contribution in [1.82, 2.24) is 10.2 Å². The Kier molecular flexibility index (Phi) is 3.48. The van der Waals surface area contributed by atoms with Gasteiger partial charge in [0.15, 0.2) is 0 Å². The van der Waals surface area contributed by atoms with Gasteiger partial charge in [0.25, 0.3) is 0 Å². The molecule has 3 rings (SSSR count). The third-order valence-corrected chi connectivity index (χ3v) is 4.64. The molecule has 0 aliphatic heterocycles. The minimum absolute atomic E-state index is 0.414. The van der Waals surface area contributed by atoms with Gasteiger partial charge in [-0.2, -0.15) is 0 Å². The predicted molar refractivity (Wildman–Crippen MR) is 82.3 cm³/mol. The van der Waals surface area contributed by atoms with Crippen LogP contribution in [-0.4, -0.2) is 19.0 Å². The third-order valence-electron chi connectivity index (χ3n) is 3.15. The van der Waals surface area contributed by atoms with E-state index in [1.807, 2.05) is 30.3 Å². The van der Waals surface area contributed by atoms with Gasteiger partial charge in [-0.1, -0.05) is 48.6 Å². The summed E-state index contributed by atoms with van der Waals surface area (Å²) in [5.41, 5.74) is 1.90. The Morgan fingerprint density at radius 2 is 1.30 bits per heavy atom. The van der Waals surface area contributed by atoms with Crippen molar-refractivity contribution in [2.45, 2.75) is 13.1 Å². The van der Waals surface area contributed by atoms with Gasteiger partial charge < -0.3 is 4.42 Å². The van der Waals surface area contributed by atoms with Gasteiger partial charge in [-0.15, -0.1) is 10.2 Å². The zero-order valence-electron chi connectivity index (χ0n) is 11.5. The summed E-state index contributed by atoms with van der Waals surface area (Å²) in [6.45, 7) is 4.56. The highest BCUT2D eigenvalue weighted by molar-refractivity contribution is 6.70. The quantitative estimate of drug-likeness (QED) is 0.690. The summed E-state index contributed by atoms with van der Waals surface area (Å²) in [7, 11) is -0.414. The highest BCUT2D eigenvalue weighted by Gasteiger charge is 2.10. The fourth-order valence-electron chi connectivity index (χ4n) is 1.98. The lowest BCUT2D eigenvalue weighted by molar-refractivity contribution is 0.584. The summed E-state index contributed by atoms with van der Waals surface area (Å²) < 4.78 is 5.74. The molecule has 2 aromatic carbocycles. The lowest BCUT2D eigenvalue weighted by atomic mass is 10.2. The van der Waals surface area contributed by atoms with Crippen LogP contribution in [0.2, 0.25) is 13.1 Å². The van der Waals surface area contributed by atoms with E-state index in [0.717, 1.165) is 11.1 Å². The number of benzene rings is 2. The Balaban J connectivity index is 1.90. The van der Waals surface area contributed by atoms with Gasteiger partial charge in [0.2, 0.25) is 11.8 Å². The molecule has 0 bridgehead atoms. The maximum atomic E-state index is 5.74. The highest BCUT2D eigenvalue weighted by atomic mass is 28.3. The van der Waals surface area contributed by atoms with E-state index < -0.39 is 8.80 Å². The molecular formula is C16H15N2OSi. The van der Waals surface area contributed by atoms with Crippen LogP contribution in [0.25, 0.3) is 22.9 Å². The predicted octanol–water partition coefficient (Wildman–Crippen LogP) is 3.37. The standard InChI is InChI=1S/C16H15N2OSi/c1-20(2)14-10-8-13(9-11-14)16-18-17-15(19-16)12-6-4-3-5-7-12/h3-11H,1-2H3. The van der Waals surface area contributed by atoms with Crippen molar-refractivity contribution in [2.75, 3.05) is 0 Å². The SMILES string of the molecule is C[Si](C)c1ccc(-c2nnc(-c3ccccc3)o2)cc1. The summed E-state index contributed by atoms with van der Waals surface area (Å²) in [4.78, 5) is 0. The molecule has 0 saturated heterocycles. The Bertz CT molecular complexity index is 690. The highest BCUT2D eigenvalue weighted by Crippen LogP contribution is 2.22. The molecule has 0 spiro atoms. The van der Waals surface area contributed by atoms with E-state index in [1.54, 1.807) is 0 Å². The Hall–Kier alpha value is -2.20. The van der Waals surface area contributed by atoms with E-state index in [0.29, 0.717) is 11.8 Å². The van der Waals surface area contributed by atoms with Gasteiger partial charge in [-0.3, -0.25) is 0 Å². The molecule has 0 aliphatic carbocycles. The summed E-state index contributed by atoms with van der Waals surface area (Å²) in [6, 6.07) is 18.2. The molecule has 1 radical (unpaired) electrons. The second-order valence-corrected chi connectivity index (χ2v) is 7.43. The Morgan fingerprint density at radius 3 is 1.85 bits per heavy atom. The number of rotatable bonds is 3. The zero-order chi connectivity index (χ0) is 13.9. The summed E-state index contributed by atoms with van der Waals surface area (Å²) in [5, 5.41) is 9.64. The smallest absolute Gasteiger partial charge is 0.248 e. The van der Waals surface area contributed by atoms with Crippen molar-refractivity contribution < 1.29 is 4.42 Å². The van der Waals surface area contributed by atoms with Crippen LogP contribution < -0.4 is 5.19 Å². The summed E-state index contributed by atoms with van der Waals surface area (Å²) >= 11 is 0. The van der Waals surface area contributed by atoms with Gasteiger partial charge >= 0.3 is 0 Å². The monoisotopic (exact) mass is 279 g/mol. The van der Waals surface area contributed by atoms with Crippen molar-refractivity contribution in [2.24, 2.45) is 0 Å². The molecule has 0 unspecified atom stereocenters. The summed E-state index contributed by atoms with van der Waals surface area (Å²) in [6.07, 6.45) is 0. The number of hydrogen-bond acceptors (Lipinski definition) is 3. The first-order chi connectivity index (χ1) is 9.74. The molecule has 0 saturated carbocycles. The molecule has 0 N–H and O–H groups in total. The van der Waals surface area contributed by atoms with E-state index in [9.17, 15) is 0 Å². The van der Waals surface area contributed by atoms with E-state index in [-0.39, 0.29) is 0 Å². The maximum Gasteiger partial charge on any atom is 0.248 e. The molecule has 99 valence electrons. The molecule has 0 aliphatic rings. The first kappa shape index (κ1) is 12.8. The normalized spacial score (nSPS) is 10.9. The van der Waals surface area contributed by atoms with Crippen LogP contribution in [0.5, 0.6) is 0 Å².